The third-order valence-electron chi connectivity index (χ3n) is 2.84. The van der Waals surface area contributed by atoms with E-state index >= 15 is 0 Å². The lowest BCUT2D eigenvalue weighted by molar-refractivity contribution is 0.181. The Morgan fingerprint density at radius 1 is 1.17 bits per heavy atom. The first-order valence-electron chi connectivity index (χ1n) is 5.74. The Morgan fingerprint density at radius 2 is 2.06 bits per heavy atom. The quantitative estimate of drug-likeness (QED) is 0.783. The number of benzene rings is 1. The Bertz CT molecular complexity index is 652. The Kier molecular flexibility index (Phi) is 3.04. The van der Waals surface area contributed by atoms with Crippen LogP contribution in [-0.2, 0) is 6.42 Å². The van der Waals surface area contributed by atoms with Gasteiger partial charge in [-0.2, -0.15) is 0 Å². The molecule has 4 heteroatoms. The fourth-order valence-electron chi connectivity index (χ4n) is 1.91. The predicted octanol–water partition coefficient (Wildman–Crippen LogP) is 2.97. The van der Waals surface area contributed by atoms with E-state index in [1.807, 2.05) is 36.4 Å². The summed E-state index contributed by atoms with van der Waals surface area (Å²) in [5, 5.41) is 11.2. The van der Waals surface area contributed by atoms with E-state index in [4.69, 9.17) is 0 Å². The average molecular weight is 256 g/mol. The topological polar surface area (TPSA) is 46.0 Å². The highest BCUT2D eigenvalue weighted by Gasteiger charge is 2.11. The van der Waals surface area contributed by atoms with Gasteiger partial charge in [0.25, 0.3) is 0 Å². The smallest absolute Gasteiger partial charge is 0.0953 e. The van der Waals surface area contributed by atoms with Gasteiger partial charge in [0.15, 0.2) is 0 Å². The van der Waals surface area contributed by atoms with E-state index in [9.17, 15) is 5.11 Å². The first-order valence-corrected chi connectivity index (χ1v) is 6.62. The van der Waals surface area contributed by atoms with Crippen molar-refractivity contribution in [2.45, 2.75) is 12.5 Å². The molecule has 2 aromatic heterocycles. The van der Waals surface area contributed by atoms with Crippen LogP contribution >= 0.6 is 11.3 Å². The lowest BCUT2D eigenvalue weighted by Crippen LogP contribution is -2.01. The predicted molar refractivity (Wildman–Crippen MR) is 72.5 cm³/mol. The number of aromatic nitrogens is 2. The van der Waals surface area contributed by atoms with Crippen LogP contribution in [0.15, 0.2) is 48.1 Å². The van der Waals surface area contributed by atoms with Crippen molar-refractivity contribution in [1.29, 1.82) is 0 Å². The largest absolute Gasteiger partial charge is 0.387 e. The molecule has 0 aliphatic rings. The molecule has 18 heavy (non-hydrogen) atoms. The van der Waals surface area contributed by atoms with Gasteiger partial charge < -0.3 is 5.11 Å². The monoisotopic (exact) mass is 256 g/mol. The molecule has 1 N–H and O–H groups in total. The molecule has 0 saturated carbocycles. The maximum absolute atomic E-state index is 10.1. The summed E-state index contributed by atoms with van der Waals surface area (Å²) in [6, 6.07) is 12.0. The number of rotatable bonds is 3. The summed E-state index contributed by atoms with van der Waals surface area (Å²) in [5.41, 5.74) is 3.59. The van der Waals surface area contributed by atoms with Gasteiger partial charge in [0, 0.05) is 23.7 Å². The summed E-state index contributed by atoms with van der Waals surface area (Å²) in [6.07, 6.45) is 1.70. The van der Waals surface area contributed by atoms with Crippen LogP contribution in [0.4, 0.5) is 0 Å². The maximum Gasteiger partial charge on any atom is 0.0953 e. The minimum Gasteiger partial charge on any atom is -0.387 e. The standard InChI is InChI=1S/C14H12N2OS/c17-13(14-8-15-9-18-14)7-11-6-5-10-3-1-2-4-12(10)16-11/h1-6,8-9,13,17H,7H2. The van der Waals surface area contributed by atoms with Crippen molar-refractivity contribution < 1.29 is 5.11 Å². The Balaban J connectivity index is 1.86. The van der Waals surface area contributed by atoms with Crippen LogP contribution in [0, 0.1) is 0 Å². The number of hydrogen-bond donors (Lipinski definition) is 1. The molecular formula is C14H12N2OS. The molecule has 1 aromatic carbocycles. The number of aliphatic hydroxyl groups is 1. The SMILES string of the molecule is OC(Cc1ccc2ccccc2n1)c1cncs1. The zero-order valence-electron chi connectivity index (χ0n) is 9.65. The molecule has 0 saturated heterocycles. The van der Waals surface area contributed by atoms with Crippen LogP contribution in [0.5, 0.6) is 0 Å². The van der Waals surface area contributed by atoms with Gasteiger partial charge in [-0.15, -0.1) is 11.3 Å². The summed E-state index contributed by atoms with van der Waals surface area (Å²) in [7, 11) is 0. The summed E-state index contributed by atoms with van der Waals surface area (Å²) >= 11 is 1.47. The lowest BCUT2D eigenvalue weighted by Gasteiger charge is -2.08. The summed E-state index contributed by atoms with van der Waals surface area (Å²) in [5.74, 6) is 0. The van der Waals surface area contributed by atoms with Crippen LogP contribution < -0.4 is 0 Å². The van der Waals surface area contributed by atoms with Gasteiger partial charge >= 0.3 is 0 Å². The van der Waals surface area contributed by atoms with Crippen molar-refractivity contribution in [3.8, 4) is 0 Å². The van der Waals surface area contributed by atoms with E-state index in [0.717, 1.165) is 21.5 Å². The second kappa shape index (κ2) is 4.84. The highest BCUT2D eigenvalue weighted by atomic mass is 32.1. The summed E-state index contributed by atoms with van der Waals surface area (Å²) in [6.45, 7) is 0. The van der Waals surface area contributed by atoms with Crippen LogP contribution in [0.3, 0.4) is 0 Å². The van der Waals surface area contributed by atoms with Gasteiger partial charge in [-0.3, -0.25) is 9.97 Å². The summed E-state index contributed by atoms with van der Waals surface area (Å²) in [4.78, 5) is 9.40. The van der Waals surface area contributed by atoms with E-state index in [0.29, 0.717) is 6.42 Å². The van der Waals surface area contributed by atoms with Crippen LogP contribution in [0.25, 0.3) is 10.9 Å². The van der Waals surface area contributed by atoms with E-state index < -0.39 is 6.10 Å². The fourth-order valence-corrected chi connectivity index (χ4v) is 2.52. The molecule has 3 nitrogen and oxygen atoms in total. The Hall–Kier alpha value is -1.78. The first kappa shape index (κ1) is 11.3. The molecular weight excluding hydrogens is 244 g/mol. The van der Waals surface area contributed by atoms with Crippen LogP contribution in [0.2, 0.25) is 0 Å². The third kappa shape index (κ3) is 2.25. The molecule has 1 unspecified atom stereocenters. The van der Waals surface area contributed by atoms with E-state index in [1.54, 1.807) is 11.7 Å². The summed E-state index contributed by atoms with van der Waals surface area (Å²) < 4.78 is 0. The fraction of sp³-hybridized carbons (Fsp3) is 0.143. The molecule has 0 fully saturated rings. The van der Waals surface area contributed by atoms with Crippen LogP contribution in [-0.4, -0.2) is 15.1 Å². The van der Waals surface area contributed by atoms with Crippen molar-refractivity contribution in [3.63, 3.8) is 0 Å². The van der Waals surface area contributed by atoms with Gasteiger partial charge in [0.1, 0.15) is 0 Å². The van der Waals surface area contributed by atoms with E-state index in [-0.39, 0.29) is 0 Å². The molecule has 2 heterocycles. The molecule has 1 atom stereocenters. The maximum atomic E-state index is 10.1. The molecule has 3 rings (SSSR count). The molecule has 0 bridgehead atoms. The van der Waals surface area contributed by atoms with E-state index in [2.05, 4.69) is 9.97 Å². The van der Waals surface area contributed by atoms with Crippen molar-refractivity contribution in [1.82, 2.24) is 9.97 Å². The molecule has 0 aliphatic carbocycles. The second-order valence-corrected chi connectivity index (χ2v) is 5.04. The number of nitrogens with zero attached hydrogens (tertiary/aromatic N) is 2. The van der Waals surface area contributed by atoms with Crippen molar-refractivity contribution in [3.05, 3.63) is 58.7 Å². The lowest BCUT2D eigenvalue weighted by atomic mass is 10.1. The van der Waals surface area contributed by atoms with Gasteiger partial charge in [0.05, 0.1) is 22.0 Å². The highest BCUT2D eigenvalue weighted by molar-refractivity contribution is 7.09. The molecule has 0 radical (unpaired) electrons. The minimum absolute atomic E-state index is 0.521. The first-order chi connectivity index (χ1) is 8.83. The zero-order chi connectivity index (χ0) is 12.4. The number of pyridine rings is 1. The third-order valence-corrected chi connectivity index (χ3v) is 3.72. The Morgan fingerprint density at radius 3 is 2.89 bits per heavy atom. The Labute approximate surface area is 109 Å². The van der Waals surface area contributed by atoms with Crippen molar-refractivity contribution in [2.75, 3.05) is 0 Å². The average Bonchev–Trinajstić information content (AvgIpc) is 2.92. The molecule has 90 valence electrons. The molecule has 0 aliphatic heterocycles. The van der Waals surface area contributed by atoms with Gasteiger partial charge in [0.2, 0.25) is 0 Å². The normalized spacial score (nSPS) is 12.7. The van der Waals surface area contributed by atoms with Gasteiger partial charge in [-0.25, -0.2) is 0 Å². The number of hydrogen-bond acceptors (Lipinski definition) is 4. The molecule has 0 amide bonds. The second-order valence-electron chi connectivity index (χ2n) is 4.12. The van der Waals surface area contributed by atoms with E-state index in [1.165, 1.54) is 11.3 Å². The van der Waals surface area contributed by atoms with Crippen molar-refractivity contribution in [2.24, 2.45) is 0 Å². The minimum atomic E-state index is -0.522. The zero-order valence-corrected chi connectivity index (χ0v) is 10.5. The van der Waals surface area contributed by atoms with Crippen molar-refractivity contribution >= 4 is 22.2 Å². The van der Waals surface area contributed by atoms with Gasteiger partial charge in [-0.05, 0) is 12.1 Å². The van der Waals surface area contributed by atoms with Gasteiger partial charge in [-0.1, -0.05) is 24.3 Å². The number of fused-ring (bicyclic) bond motifs is 1. The molecule has 3 aromatic rings. The van der Waals surface area contributed by atoms with Crippen LogP contribution in [0.1, 0.15) is 16.7 Å². The highest BCUT2D eigenvalue weighted by Crippen LogP contribution is 2.21. The number of aliphatic hydroxyl groups excluding tert-OH is 1. The number of thiazole rings is 1. The molecule has 0 spiro atoms. The number of para-hydroxylation sites is 1.